The number of amides is 1. The van der Waals surface area contributed by atoms with Gasteiger partial charge in [-0.1, -0.05) is 36.4 Å². The third-order valence-electron chi connectivity index (χ3n) is 4.92. The largest absolute Gasteiger partial charge is 0.345 e. The van der Waals surface area contributed by atoms with E-state index in [1.807, 2.05) is 48.7 Å². The minimum Gasteiger partial charge on any atom is -0.345 e. The molecule has 1 aliphatic heterocycles. The SMILES string of the molecule is O=C(N[C@H](c1ccccc1)C1CCNC1)c1ccc2cnccc2c1. The molecule has 2 heterocycles. The second-order valence-electron chi connectivity index (χ2n) is 6.55. The van der Waals surface area contributed by atoms with Gasteiger partial charge in [-0.2, -0.15) is 0 Å². The minimum absolute atomic E-state index is 0.0248. The number of aromatic nitrogens is 1. The van der Waals surface area contributed by atoms with Crippen LogP contribution in [0.2, 0.25) is 0 Å². The molecule has 0 bridgehead atoms. The number of carbonyl (C=O) groups is 1. The molecular formula is C21H21N3O. The number of nitrogens with one attached hydrogen (secondary N) is 2. The van der Waals surface area contributed by atoms with E-state index in [9.17, 15) is 4.79 Å². The molecule has 0 spiro atoms. The van der Waals surface area contributed by atoms with Crippen LogP contribution in [0.5, 0.6) is 0 Å². The van der Waals surface area contributed by atoms with Gasteiger partial charge < -0.3 is 10.6 Å². The highest BCUT2D eigenvalue weighted by Crippen LogP contribution is 2.27. The van der Waals surface area contributed by atoms with Gasteiger partial charge in [0.2, 0.25) is 0 Å². The van der Waals surface area contributed by atoms with Crippen LogP contribution < -0.4 is 10.6 Å². The predicted octanol–water partition coefficient (Wildman–Crippen LogP) is 3.32. The monoisotopic (exact) mass is 331 g/mol. The molecule has 4 nitrogen and oxygen atoms in total. The van der Waals surface area contributed by atoms with Crippen LogP contribution in [0.25, 0.3) is 10.8 Å². The minimum atomic E-state index is -0.0283. The van der Waals surface area contributed by atoms with Gasteiger partial charge in [0.25, 0.3) is 5.91 Å². The van der Waals surface area contributed by atoms with Crippen molar-refractivity contribution in [2.45, 2.75) is 12.5 Å². The van der Waals surface area contributed by atoms with Crippen molar-refractivity contribution in [3.63, 3.8) is 0 Å². The lowest BCUT2D eigenvalue weighted by Crippen LogP contribution is -2.34. The number of carbonyl (C=O) groups excluding carboxylic acids is 1. The van der Waals surface area contributed by atoms with Crippen LogP contribution in [0.15, 0.2) is 67.0 Å². The first-order chi connectivity index (χ1) is 12.3. The first-order valence-electron chi connectivity index (χ1n) is 8.71. The molecule has 25 heavy (non-hydrogen) atoms. The summed E-state index contributed by atoms with van der Waals surface area (Å²) in [4.78, 5) is 17.0. The zero-order valence-corrected chi connectivity index (χ0v) is 14.0. The fraction of sp³-hybridized carbons (Fsp3) is 0.238. The van der Waals surface area contributed by atoms with Crippen molar-refractivity contribution < 1.29 is 4.79 Å². The van der Waals surface area contributed by atoms with Gasteiger partial charge in [-0.15, -0.1) is 0 Å². The van der Waals surface area contributed by atoms with E-state index in [0.29, 0.717) is 11.5 Å². The molecule has 1 aliphatic rings. The topological polar surface area (TPSA) is 54.0 Å². The summed E-state index contributed by atoms with van der Waals surface area (Å²) in [5.41, 5.74) is 1.85. The van der Waals surface area contributed by atoms with Crippen molar-refractivity contribution >= 4 is 16.7 Å². The Hall–Kier alpha value is -2.72. The molecule has 0 saturated carbocycles. The molecule has 2 aromatic carbocycles. The summed E-state index contributed by atoms with van der Waals surface area (Å²) in [6.45, 7) is 1.94. The van der Waals surface area contributed by atoms with Gasteiger partial charge in [0, 0.05) is 29.9 Å². The summed E-state index contributed by atoms with van der Waals surface area (Å²) in [7, 11) is 0. The van der Waals surface area contributed by atoms with Gasteiger partial charge in [-0.05, 0) is 48.0 Å². The Morgan fingerprint density at radius 3 is 2.80 bits per heavy atom. The Bertz CT molecular complexity index is 872. The summed E-state index contributed by atoms with van der Waals surface area (Å²) in [5, 5.41) is 8.73. The average molecular weight is 331 g/mol. The number of hydrogen-bond acceptors (Lipinski definition) is 3. The van der Waals surface area contributed by atoms with Crippen LogP contribution in [0.3, 0.4) is 0 Å². The summed E-state index contributed by atoms with van der Waals surface area (Å²) in [6.07, 6.45) is 4.64. The number of rotatable bonds is 4. The van der Waals surface area contributed by atoms with Gasteiger partial charge >= 0.3 is 0 Å². The summed E-state index contributed by atoms with van der Waals surface area (Å²) >= 11 is 0. The summed E-state index contributed by atoms with van der Waals surface area (Å²) < 4.78 is 0. The Morgan fingerprint density at radius 2 is 2.00 bits per heavy atom. The molecule has 126 valence electrons. The van der Waals surface area contributed by atoms with Gasteiger partial charge in [0.05, 0.1) is 6.04 Å². The first kappa shape index (κ1) is 15.8. The summed E-state index contributed by atoms with van der Waals surface area (Å²) in [5.74, 6) is 0.385. The van der Waals surface area contributed by atoms with Crippen molar-refractivity contribution in [2.24, 2.45) is 5.92 Å². The number of hydrogen-bond donors (Lipinski definition) is 2. The highest BCUT2D eigenvalue weighted by molar-refractivity contribution is 5.98. The lowest BCUT2D eigenvalue weighted by atomic mass is 9.92. The maximum atomic E-state index is 12.9. The van der Waals surface area contributed by atoms with Gasteiger partial charge in [0.15, 0.2) is 0 Å². The maximum absolute atomic E-state index is 12.9. The van der Waals surface area contributed by atoms with Crippen LogP contribution in [-0.4, -0.2) is 24.0 Å². The van der Waals surface area contributed by atoms with E-state index < -0.39 is 0 Å². The van der Waals surface area contributed by atoms with E-state index in [4.69, 9.17) is 0 Å². The molecule has 1 fully saturated rings. The van der Waals surface area contributed by atoms with Gasteiger partial charge in [-0.3, -0.25) is 9.78 Å². The molecule has 1 amide bonds. The van der Waals surface area contributed by atoms with Crippen molar-refractivity contribution in [3.05, 3.63) is 78.1 Å². The molecular weight excluding hydrogens is 310 g/mol. The van der Waals surface area contributed by atoms with Crippen LogP contribution in [0.1, 0.15) is 28.4 Å². The van der Waals surface area contributed by atoms with Crippen LogP contribution >= 0.6 is 0 Å². The lowest BCUT2D eigenvalue weighted by Gasteiger charge is -2.25. The molecule has 3 aromatic rings. The normalized spacial score (nSPS) is 18.2. The van der Waals surface area contributed by atoms with Crippen molar-refractivity contribution in [2.75, 3.05) is 13.1 Å². The Balaban J connectivity index is 1.61. The van der Waals surface area contributed by atoms with E-state index in [1.165, 1.54) is 0 Å². The number of fused-ring (bicyclic) bond motifs is 1. The zero-order chi connectivity index (χ0) is 17.1. The Morgan fingerprint density at radius 1 is 1.12 bits per heavy atom. The van der Waals surface area contributed by atoms with E-state index in [-0.39, 0.29) is 11.9 Å². The highest BCUT2D eigenvalue weighted by Gasteiger charge is 2.27. The van der Waals surface area contributed by atoms with Crippen molar-refractivity contribution in [3.8, 4) is 0 Å². The van der Waals surface area contributed by atoms with E-state index in [1.54, 1.807) is 6.20 Å². The molecule has 1 aromatic heterocycles. The van der Waals surface area contributed by atoms with Crippen LogP contribution in [-0.2, 0) is 0 Å². The van der Waals surface area contributed by atoms with Gasteiger partial charge in [0.1, 0.15) is 0 Å². The lowest BCUT2D eigenvalue weighted by molar-refractivity contribution is 0.0924. The smallest absolute Gasteiger partial charge is 0.251 e. The molecule has 1 unspecified atom stereocenters. The van der Waals surface area contributed by atoms with E-state index >= 15 is 0 Å². The van der Waals surface area contributed by atoms with E-state index in [2.05, 4.69) is 27.8 Å². The zero-order valence-electron chi connectivity index (χ0n) is 14.0. The van der Waals surface area contributed by atoms with Crippen molar-refractivity contribution in [1.82, 2.24) is 15.6 Å². The average Bonchev–Trinajstić information content (AvgIpc) is 3.20. The van der Waals surface area contributed by atoms with Crippen LogP contribution in [0.4, 0.5) is 0 Å². The molecule has 2 atom stereocenters. The molecule has 2 N–H and O–H groups in total. The second-order valence-corrected chi connectivity index (χ2v) is 6.55. The molecule has 4 rings (SSSR count). The molecule has 0 aliphatic carbocycles. The van der Waals surface area contributed by atoms with Crippen molar-refractivity contribution in [1.29, 1.82) is 0 Å². The van der Waals surface area contributed by atoms with Crippen LogP contribution in [0, 0.1) is 5.92 Å². The Kier molecular flexibility index (Phi) is 4.44. The first-order valence-corrected chi connectivity index (χ1v) is 8.71. The number of benzene rings is 2. The molecule has 1 saturated heterocycles. The van der Waals surface area contributed by atoms with E-state index in [0.717, 1.165) is 35.8 Å². The Labute approximate surface area is 147 Å². The standard InChI is InChI=1S/C21H21N3O/c25-21(17-6-7-18-13-22-10-8-16(18)12-17)24-20(19-9-11-23-14-19)15-4-2-1-3-5-15/h1-8,10,12-13,19-20,23H,9,11,14H2,(H,24,25)/t19?,20-/m1/s1. The fourth-order valence-corrected chi connectivity index (χ4v) is 3.54. The predicted molar refractivity (Wildman–Crippen MR) is 99.4 cm³/mol. The molecule has 4 heteroatoms. The third kappa shape index (κ3) is 3.39. The second kappa shape index (κ2) is 7.03. The molecule has 0 radical (unpaired) electrons. The summed E-state index contributed by atoms with van der Waals surface area (Å²) in [6, 6.07) is 18.0. The van der Waals surface area contributed by atoms with Gasteiger partial charge in [-0.25, -0.2) is 0 Å². The third-order valence-corrected chi connectivity index (χ3v) is 4.92. The number of pyridine rings is 1. The quantitative estimate of drug-likeness (QED) is 0.771. The fourth-order valence-electron chi connectivity index (χ4n) is 3.54. The maximum Gasteiger partial charge on any atom is 0.251 e. The highest BCUT2D eigenvalue weighted by atomic mass is 16.1. The number of nitrogens with zero attached hydrogens (tertiary/aromatic N) is 1.